The minimum Gasteiger partial charge on any atom is -0.466 e. The Morgan fingerprint density at radius 2 is 1.65 bits per heavy atom. The van der Waals surface area contributed by atoms with Gasteiger partial charge in [0.25, 0.3) is 0 Å². The van der Waals surface area contributed by atoms with Gasteiger partial charge in [-0.3, -0.25) is 4.79 Å². The molecule has 0 spiro atoms. The highest BCUT2D eigenvalue weighted by Crippen LogP contribution is 2.48. The van der Waals surface area contributed by atoms with Crippen molar-refractivity contribution in [1.82, 2.24) is 9.88 Å². The smallest absolute Gasteiger partial charge is 0.338 e. The molecule has 2 aliphatic rings. The van der Waals surface area contributed by atoms with Crippen LogP contribution in [-0.2, 0) is 14.3 Å². The summed E-state index contributed by atoms with van der Waals surface area (Å²) in [5, 5.41) is 3.32. The molecule has 188 valence electrons. The van der Waals surface area contributed by atoms with E-state index in [1.54, 1.807) is 19.1 Å². The quantitative estimate of drug-likeness (QED) is 0.500. The second kappa shape index (κ2) is 9.24. The number of nitrogens with one attached hydrogen (secondary N) is 1. The molecule has 0 saturated carbocycles. The van der Waals surface area contributed by atoms with Crippen LogP contribution < -0.4 is 5.32 Å². The van der Waals surface area contributed by atoms with Gasteiger partial charge in [0.05, 0.1) is 36.5 Å². The molecule has 1 aromatic heterocycles. The number of methoxy groups -OCH3 is 1. The number of rotatable bonds is 5. The number of benzene rings is 2. The predicted molar refractivity (Wildman–Crippen MR) is 139 cm³/mol. The molecule has 0 saturated heterocycles. The van der Waals surface area contributed by atoms with Crippen molar-refractivity contribution in [2.24, 2.45) is 0 Å². The lowest BCUT2D eigenvalue weighted by Crippen LogP contribution is -2.29. The van der Waals surface area contributed by atoms with Crippen molar-refractivity contribution in [3.63, 3.8) is 0 Å². The summed E-state index contributed by atoms with van der Waals surface area (Å²) >= 11 is 0. The Bertz CT molecular complexity index is 1520. The lowest BCUT2D eigenvalue weighted by atomic mass is 9.79. The van der Waals surface area contributed by atoms with Crippen LogP contribution in [0.1, 0.15) is 63.0 Å². The number of hydrogen-bond acceptors (Lipinski definition) is 6. The maximum atomic E-state index is 13.7. The molecule has 0 fully saturated rings. The van der Waals surface area contributed by atoms with Gasteiger partial charge in [0.1, 0.15) is 0 Å². The molecule has 37 heavy (non-hydrogen) atoms. The summed E-state index contributed by atoms with van der Waals surface area (Å²) in [6.45, 7) is 7.87. The molecule has 7 nitrogen and oxygen atoms in total. The first-order chi connectivity index (χ1) is 17.8. The maximum Gasteiger partial charge on any atom is 0.338 e. The van der Waals surface area contributed by atoms with Gasteiger partial charge < -0.3 is 19.4 Å². The molecule has 0 radical (unpaired) electrons. The van der Waals surface area contributed by atoms with Gasteiger partial charge in [-0.1, -0.05) is 24.3 Å². The molecular formula is C30H28N2O5. The molecule has 5 rings (SSSR count). The number of nitrogens with zero attached hydrogens (tertiary/aromatic N) is 1. The molecule has 3 aromatic rings. The molecule has 1 N–H and O–H groups in total. The summed E-state index contributed by atoms with van der Waals surface area (Å²) < 4.78 is 12.3. The first-order valence-electron chi connectivity index (χ1n) is 12.2. The fraction of sp³-hybridized carbons (Fsp3) is 0.233. The molecule has 0 bridgehead atoms. The van der Waals surface area contributed by atoms with Gasteiger partial charge in [0.15, 0.2) is 5.78 Å². The van der Waals surface area contributed by atoms with E-state index in [0.29, 0.717) is 34.6 Å². The molecule has 7 heteroatoms. The van der Waals surface area contributed by atoms with Crippen LogP contribution in [0.3, 0.4) is 0 Å². The van der Waals surface area contributed by atoms with Gasteiger partial charge in [-0.15, -0.1) is 0 Å². The van der Waals surface area contributed by atoms with Crippen LogP contribution in [0.4, 0.5) is 0 Å². The van der Waals surface area contributed by atoms with E-state index in [4.69, 9.17) is 9.47 Å². The average molecular weight is 497 g/mol. The summed E-state index contributed by atoms with van der Waals surface area (Å²) in [5.41, 5.74) is 7.81. The van der Waals surface area contributed by atoms with Gasteiger partial charge in [-0.05, 0) is 63.6 Å². The average Bonchev–Trinajstić information content (AvgIpc) is 3.35. The van der Waals surface area contributed by atoms with Crippen molar-refractivity contribution in [3.05, 3.63) is 105 Å². The van der Waals surface area contributed by atoms with Gasteiger partial charge in [-0.2, -0.15) is 0 Å². The van der Waals surface area contributed by atoms with E-state index in [2.05, 4.69) is 9.88 Å². The van der Waals surface area contributed by atoms with Crippen molar-refractivity contribution >= 4 is 23.4 Å². The summed E-state index contributed by atoms with van der Waals surface area (Å²) in [7, 11) is 1.35. The molecule has 1 aliphatic carbocycles. The summed E-state index contributed by atoms with van der Waals surface area (Å²) in [6, 6.07) is 16.7. The number of hydrogen-bond donors (Lipinski definition) is 1. The van der Waals surface area contributed by atoms with Crippen molar-refractivity contribution < 1.29 is 23.9 Å². The van der Waals surface area contributed by atoms with E-state index >= 15 is 0 Å². The van der Waals surface area contributed by atoms with Gasteiger partial charge in [-0.25, -0.2) is 9.59 Å². The second-order valence-corrected chi connectivity index (χ2v) is 9.18. The zero-order chi connectivity index (χ0) is 26.4. The largest absolute Gasteiger partial charge is 0.466 e. The van der Waals surface area contributed by atoms with E-state index in [9.17, 15) is 14.4 Å². The van der Waals surface area contributed by atoms with Crippen LogP contribution in [0.25, 0.3) is 11.4 Å². The van der Waals surface area contributed by atoms with Crippen LogP contribution >= 0.6 is 0 Å². The monoisotopic (exact) mass is 496 g/mol. The van der Waals surface area contributed by atoms with Gasteiger partial charge >= 0.3 is 11.9 Å². The van der Waals surface area contributed by atoms with Crippen molar-refractivity contribution in [2.45, 2.75) is 33.6 Å². The van der Waals surface area contributed by atoms with Crippen LogP contribution in [0.15, 0.2) is 71.4 Å². The SMILES string of the molecule is CCOC(=O)c1ccc(-n2c(C)cc([C@@H]3C(C(=O)OC)=C(C)NC4=C3C(=O)c3ccccc34)c2C)cc1. The van der Waals surface area contributed by atoms with E-state index < -0.39 is 11.9 Å². The van der Waals surface area contributed by atoms with E-state index in [1.807, 2.05) is 63.2 Å². The number of carbonyl (C=O) groups is 3. The third-order valence-corrected chi connectivity index (χ3v) is 7.07. The standard InChI is InChI=1S/C30H28N2O5/c1-6-37-29(34)19-11-13-20(14-12-19)32-16(2)15-23(18(32)4)25-24(30(35)36-5)17(3)31-27-21-9-7-8-10-22(21)28(33)26(25)27/h7-15,25,31H,6H2,1-5H3/t25-/m1/s1. The normalized spacial score (nSPS) is 16.4. The zero-order valence-electron chi connectivity index (χ0n) is 21.5. The van der Waals surface area contributed by atoms with E-state index in [0.717, 1.165) is 33.9 Å². The number of Topliss-reactive ketones (excluding diaryl/α,β-unsaturated/α-hetero) is 1. The Hall–Kier alpha value is -4.39. The number of allylic oxidation sites excluding steroid dienone is 2. The maximum absolute atomic E-state index is 13.7. The second-order valence-electron chi connectivity index (χ2n) is 9.18. The van der Waals surface area contributed by atoms with Crippen LogP contribution in [0, 0.1) is 13.8 Å². The fourth-order valence-corrected chi connectivity index (χ4v) is 5.46. The van der Waals surface area contributed by atoms with Crippen LogP contribution in [0.2, 0.25) is 0 Å². The minimum atomic E-state index is -0.595. The molecule has 2 aromatic carbocycles. The number of fused-ring (bicyclic) bond motifs is 2. The number of aryl methyl sites for hydroxylation is 1. The highest BCUT2D eigenvalue weighted by Gasteiger charge is 2.43. The zero-order valence-corrected chi connectivity index (χ0v) is 21.5. The number of aromatic nitrogens is 1. The first kappa shape index (κ1) is 24.3. The topological polar surface area (TPSA) is 86.6 Å². The number of ether oxygens (including phenoxy) is 2. The summed E-state index contributed by atoms with van der Waals surface area (Å²) in [6.07, 6.45) is 0. The predicted octanol–water partition coefficient (Wildman–Crippen LogP) is 5.01. The highest BCUT2D eigenvalue weighted by molar-refractivity contribution is 6.23. The van der Waals surface area contributed by atoms with E-state index in [1.165, 1.54) is 7.11 Å². The minimum absolute atomic E-state index is 0.0967. The Labute approximate surface area is 215 Å². The lowest BCUT2D eigenvalue weighted by molar-refractivity contribution is -0.136. The van der Waals surface area contributed by atoms with E-state index in [-0.39, 0.29) is 11.8 Å². The molecule has 1 atom stereocenters. The number of esters is 2. The Morgan fingerprint density at radius 1 is 0.973 bits per heavy atom. The molecule has 2 heterocycles. The van der Waals surface area contributed by atoms with Crippen LogP contribution in [-0.4, -0.2) is 36.0 Å². The first-order valence-corrected chi connectivity index (χ1v) is 12.2. The molecule has 0 amide bonds. The van der Waals surface area contributed by atoms with Crippen LogP contribution in [0.5, 0.6) is 0 Å². The molecule has 1 aliphatic heterocycles. The van der Waals surface area contributed by atoms with Crippen molar-refractivity contribution in [1.29, 1.82) is 0 Å². The fourth-order valence-electron chi connectivity index (χ4n) is 5.46. The van der Waals surface area contributed by atoms with Gasteiger partial charge in [0.2, 0.25) is 0 Å². The lowest BCUT2D eigenvalue weighted by Gasteiger charge is -2.29. The Morgan fingerprint density at radius 3 is 2.30 bits per heavy atom. The number of dihydropyridines is 1. The Balaban J connectivity index is 1.66. The highest BCUT2D eigenvalue weighted by atomic mass is 16.5. The molecular weight excluding hydrogens is 468 g/mol. The summed E-state index contributed by atoms with van der Waals surface area (Å²) in [5.74, 6) is -1.54. The Kier molecular flexibility index (Phi) is 6.07. The number of ketones is 1. The number of carbonyl (C=O) groups excluding carboxylic acids is 3. The molecule has 0 unspecified atom stereocenters. The van der Waals surface area contributed by atoms with Crippen molar-refractivity contribution in [3.8, 4) is 5.69 Å². The third kappa shape index (κ3) is 3.78. The third-order valence-electron chi connectivity index (χ3n) is 7.07. The van der Waals surface area contributed by atoms with Crippen molar-refractivity contribution in [2.75, 3.05) is 13.7 Å². The summed E-state index contributed by atoms with van der Waals surface area (Å²) in [4.78, 5) is 38.8. The van der Waals surface area contributed by atoms with Gasteiger partial charge in [0, 0.05) is 39.5 Å².